The first-order chi connectivity index (χ1) is 8.65. The van der Waals surface area contributed by atoms with Crippen molar-refractivity contribution in [2.24, 2.45) is 11.3 Å². The predicted octanol–water partition coefficient (Wildman–Crippen LogP) is 2.47. The van der Waals surface area contributed by atoms with Crippen molar-refractivity contribution in [3.8, 4) is 0 Å². The van der Waals surface area contributed by atoms with E-state index in [0.717, 1.165) is 25.9 Å². The van der Waals surface area contributed by atoms with Crippen molar-refractivity contribution in [3.63, 3.8) is 0 Å². The molecule has 0 aromatic carbocycles. The van der Waals surface area contributed by atoms with Gasteiger partial charge in [-0.3, -0.25) is 4.79 Å². The standard InChI is InChI=1S/C14H21NO2S/c1-11(2)14(6-7-15-10-14)13(16)17-8-5-12-4-3-9-18-12/h3-4,9,11,15H,5-8,10H2,1-2H3. The normalized spacial score (nSPS) is 23.5. The Morgan fingerprint density at radius 2 is 2.44 bits per heavy atom. The average Bonchev–Trinajstić information content (AvgIpc) is 3.00. The molecule has 4 heteroatoms. The van der Waals surface area contributed by atoms with Crippen LogP contribution < -0.4 is 5.32 Å². The number of thiophene rings is 1. The summed E-state index contributed by atoms with van der Waals surface area (Å²) in [5.74, 6) is 0.292. The highest BCUT2D eigenvalue weighted by Gasteiger charge is 2.45. The molecule has 1 saturated heterocycles. The van der Waals surface area contributed by atoms with Crippen LogP contribution in [0.25, 0.3) is 0 Å². The zero-order valence-electron chi connectivity index (χ0n) is 11.1. The van der Waals surface area contributed by atoms with Gasteiger partial charge in [0.25, 0.3) is 0 Å². The smallest absolute Gasteiger partial charge is 0.313 e. The monoisotopic (exact) mass is 267 g/mol. The molecule has 3 nitrogen and oxygen atoms in total. The van der Waals surface area contributed by atoms with Gasteiger partial charge in [-0.2, -0.15) is 0 Å². The number of hydrogen-bond donors (Lipinski definition) is 1. The summed E-state index contributed by atoms with van der Waals surface area (Å²) in [6.07, 6.45) is 1.72. The molecule has 1 unspecified atom stereocenters. The second-order valence-corrected chi connectivity index (χ2v) is 6.24. The molecule has 18 heavy (non-hydrogen) atoms. The van der Waals surface area contributed by atoms with Crippen molar-refractivity contribution in [1.82, 2.24) is 5.32 Å². The van der Waals surface area contributed by atoms with E-state index < -0.39 is 0 Å². The molecule has 0 amide bonds. The van der Waals surface area contributed by atoms with E-state index in [2.05, 4.69) is 25.2 Å². The molecular weight excluding hydrogens is 246 g/mol. The van der Waals surface area contributed by atoms with Gasteiger partial charge in [0.1, 0.15) is 0 Å². The fourth-order valence-electron chi connectivity index (χ4n) is 2.46. The highest BCUT2D eigenvalue weighted by molar-refractivity contribution is 7.09. The van der Waals surface area contributed by atoms with E-state index >= 15 is 0 Å². The van der Waals surface area contributed by atoms with E-state index in [9.17, 15) is 4.79 Å². The zero-order valence-corrected chi connectivity index (χ0v) is 11.9. The maximum Gasteiger partial charge on any atom is 0.313 e. The SMILES string of the molecule is CC(C)C1(C(=O)OCCc2cccs2)CCNC1. The van der Waals surface area contributed by atoms with Gasteiger partial charge in [-0.1, -0.05) is 19.9 Å². The maximum absolute atomic E-state index is 12.3. The lowest BCUT2D eigenvalue weighted by molar-refractivity contribution is -0.157. The van der Waals surface area contributed by atoms with Crippen LogP contribution >= 0.6 is 11.3 Å². The van der Waals surface area contributed by atoms with Gasteiger partial charge in [-0.05, 0) is 30.3 Å². The van der Waals surface area contributed by atoms with Gasteiger partial charge < -0.3 is 10.1 Å². The van der Waals surface area contributed by atoms with Gasteiger partial charge in [0.05, 0.1) is 12.0 Å². The number of hydrogen-bond acceptors (Lipinski definition) is 4. The Morgan fingerprint density at radius 1 is 1.61 bits per heavy atom. The number of nitrogens with one attached hydrogen (secondary N) is 1. The van der Waals surface area contributed by atoms with E-state index in [1.807, 2.05) is 11.4 Å². The largest absolute Gasteiger partial charge is 0.465 e. The fraction of sp³-hybridized carbons (Fsp3) is 0.643. The van der Waals surface area contributed by atoms with Crippen LogP contribution in [0.5, 0.6) is 0 Å². The molecule has 1 aliphatic rings. The zero-order chi connectivity index (χ0) is 13.0. The summed E-state index contributed by atoms with van der Waals surface area (Å²) in [6.45, 7) is 6.37. The average molecular weight is 267 g/mol. The molecule has 1 aromatic rings. The molecule has 0 saturated carbocycles. The molecule has 100 valence electrons. The van der Waals surface area contributed by atoms with Crippen molar-refractivity contribution >= 4 is 17.3 Å². The molecule has 2 rings (SSSR count). The number of carbonyl (C=O) groups excluding carboxylic acids is 1. The van der Waals surface area contributed by atoms with Crippen molar-refractivity contribution < 1.29 is 9.53 Å². The van der Waals surface area contributed by atoms with Crippen molar-refractivity contribution in [3.05, 3.63) is 22.4 Å². The Bertz CT molecular complexity index is 381. The third-order valence-electron chi connectivity index (χ3n) is 3.86. The number of esters is 1. The third kappa shape index (κ3) is 2.75. The molecule has 0 aliphatic carbocycles. The maximum atomic E-state index is 12.3. The van der Waals surface area contributed by atoms with Gasteiger partial charge in [0, 0.05) is 17.8 Å². The molecule has 1 fully saturated rings. The van der Waals surface area contributed by atoms with Crippen LogP contribution in [0.15, 0.2) is 17.5 Å². The lowest BCUT2D eigenvalue weighted by Gasteiger charge is -2.29. The van der Waals surface area contributed by atoms with Gasteiger partial charge >= 0.3 is 5.97 Å². The van der Waals surface area contributed by atoms with Gasteiger partial charge in [-0.15, -0.1) is 11.3 Å². The van der Waals surface area contributed by atoms with Crippen molar-refractivity contribution in [2.45, 2.75) is 26.7 Å². The van der Waals surface area contributed by atoms with Crippen molar-refractivity contribution in [2.75, 3.05) is 19.7 Å². The lowest BCUT2D eigenvalue weighted by Crippen LogP contribution is -2.40. The fourth-order valence-corrected chi connectivity index (χ4v) is 3.15. The molecule has 2 heterocycles. The van der Waals surface area contributed by atoms with Crippen LogP contribution in [0.2, 0.25) is 0 Å². The number of rotatable bonds is 5. The number of ether oxygens (including phenoxy) is 1. The third-order valence-corrected chi connectivity index (χ3v) is 4.80. The molecule has 1 atom stereocenters. The predicted molar refractivity (Wildman–Crippen MR) is 73.7 cm³/mol. The minimum Gasteiger partial charge on any atom is -0.465 e. The van der Waals surface area contributed by atoms with Crippen LogP contribution in [0.3, 0.4) is 0 Å². The molecule has 0 radical (unpaired) electrons. The first-order valence-electron chi connectivity index (χ1n) is 6.55. The summed E-state index contributed by atoms with van der Waals surface area (Å²) >= 11 is 1.71. The molecule has 0 bridgehead atoms. The minimum absolute atomic E-state index is 0.0287. The summed E-state index contributed by atoms with van der Waals surface area (Å²) in [6, 6.07) is 4.10. The van der Waals surface area contributed by atoms with E-state index in [1.165, 1.54) is 4.88 Å². The molecule has 1 N–H and O–H groups in total. The molecule has 1 aliphatic heterocycles. The van der Waals surface area contributed by atoms with Crippen LogP contribution in [0.4, 0.5) is 0 Å². The topological polar surface area (TPSA) is 38.3 Å². The first kappa shape index (κ1) is 13.6. The summed E-state index contributed by atoms with van der Waals surface area (Å²) in [5.41, 5.74) is -0.310. The highest BCUT2D eigenvalue weighted by atomic mass is 32.1. The Hall–Kier alpha value is -0.870. The van der Waals surface area contributed by atoms with E-state index in [-0.39, 0.29) is 11.4 Å². The van der Waals surface area contributed by atoms with Crippen molar-refractivity contribution in [1.29, 1.82) is 0 Å². The molecule has 0 spiro atoms. The van der Waals surface area contributed by atoms with Crippen LogP contribution in [0.1, 0.15) is 25.1 Å². The summed E-state index contributed by atoms with van der Waals surface area (Å²) in [5, 5.41) is 5.33. The Labute approximate surface area is 113 Å². The Kier molecular flexibility index (Phi) is 4.40. The highest BCUT2D eigenvalue weighted by Crippen LogP contribution is 2.35. The number of carbonyl (C=O) groups is 1. The second kappa shape index (κ2) is 5.85. The summed E-state index contributed by atoms with van der Waals surface area (Å²) < 4.78 is 5.49. The van der Waals surface area contributed by atoms with Crippen LogP contribution in [-0.2, 0) is 16.0 Å². The van der Waals surface area contributed by atoms with E-state index in [4.69, 9.17) is 4.74 Å². The first-order valence-corrected chi connectivity index (χ1v) is 7.43. The van der Waals surface area contributed by atoms with Gasteiger partial charge in [0.15, 0.2) is 0 Å². The lowest BCUT2D eigenvalue weighted by atomic mass is 9.76. The van der Waals surface area contributed by atoms with Gasteiger partial charge in [0.2, 0.25) is 0 Å². The van der Waals surface area contributed by atoms with Gasteiger partial charge in [-0.25, -0.2) is 0 Å². The summed E-state index contributed by atoms with van der Waals surface area (Å²) in [4.78, 5) is 13.5. The second-order valence-electron chi connectivity index (χ2n) is 5.20. The van der Waals surface area contributed by atoms with Crippen LogP contribution in [0, 0.1) is 11.3 Å². The quantitative estimate of drug-likeness (QED) is 0.833. The summed E-state index contributed by atoms with van der Waals surface area (Å²) in [7, 11) is 0. The van der Waals surface area contributed by atoms with Crippen LogP contribution in [-0.4, -0.2) is 25.7 Å². The van der Waals surface area contributed by atoms with E-state index in [1.54, 1.807) is 11.3 Å². The Morgan fingerprint density at radius 3 is 3.00 bits per heavy atom. The Balaban J connectivity index is 1.86. The van der Waals surface area contributed by atoms with E-state index in [0.29, 0.717) is 12.5 Å². The minimum atomic E-state index is -0.310. The molecular formula is C14H21NO2S. The molecule has 1 aromatic heterocycles.